The molecule has 0 bridgehead atoms. The molecule has 1 aliphatic rings. The molecule has 5 nitrogen and oxygen atoms in total. The molecule has 2 heterocycles. The van der Waals surface area contributed by atoms with E-state index in [1.807, 2.05) is 36.5 Å². The van der Waals surface area contributed by atoms with Gasteiger partial charge in [0.2, 0.25) is 0 Å². The molecule has 0 aliphatic carbocycles. The maximum Gasteiger partial charge on any atom is 0.329 e. The van der Waals surface area contributed by atoms with Gasteiger partial charge in [0, 0.05) is 35.8 Å². The SMILES string of the molecule is C=CCN1C(=O)N/C(=C/c2cn(CC=C)c3ccccc23)C1=O. The second-order valence-electron chi connectivity index (χ2n) is 5.24. The number of carbonyl (C=O) groups is 2. The van der Waals surface area contributed by atoms with E-state index in [2.05, 4.69) is 23.0 Å². The van der Waals surface area contributed by atoms with Crippen LogP contribution >= 0.6 is 0 Å². The van der Waals surface area contributed by atoms with Gasteiger partial charge in [0.05, 0.1) is 0 Å². The molecule has 5 heteroatoms. The van der Waals surface area contributed by atoms with Crippen LogP contribution in [0.1, 0.15) is 5.56 Å². The van der Waals surface area contributed by atoms with Gasteiger partial charge in [0.15, 0.2) is 0 Å². The summed E-state index contributed by atoms with van der Waals surface area (Å²) >= 11 is 0. The lowest BCUT2D eigenvalue weighted by Crippen LogP contribution is -2.30. The van der Waals surface area contributed by atoms with Crippen molar-refractivity contribution in [2.24, 2.45) is 0 Å². The highest BCUT2D eigenvalue weighted by atomic mass is 16.2. The largest absolute Gasteiger partial charge is 0.343 e. The van der Waals surface area contributed by atoms with E-state index in [1.54, 1.807) is 6.08 Å². The molecule has 0 saturated carbocycles. The lowest BCUT2D eigenvalue weighted by atomic mass is 10.1. The third-order valence-corrected chi connectivity index (χ3v) is 3.72. The Morgan fingerprint density at radius 3 is 2.57 bits per heavy atom. The van der Waals surface area contributed by atoms with Gasteiger partial charge < -0.3 is 9.88 Å². The predicted octanol–water partition coefficient (Wildman–Crippen LogP) is 2.91. The molecule has 1 fully saturated rings. The second-order valence-corrected chi connectivity index (χ2v) is 5.24. The van der Waals surface area contributed by atoms with E-state index >= 15 is 0 Å². The number of urea groups is 1. The Morgan fingerprint density at radius 1 is 1.09 bits per heavy atom. The summed E-state index contributed by atoms with van der Waals surface area (Å²) in [6.45, 7) is 8.19. The van der Waals surface area contributed by atoms with Crippen molar-refractivity contribution in [3.63, 3.8) is 0 Å². The molecular weight excluding hydrogens is 290 g/mol. The van der Waals surface area contributed by atoms with Crippen molar-refractivity contribution in [2.75, 3.05) is 6.54 Å². The summed E-state index contributed by atoms with van der Waals surface area (Å²) in [7, 11) is 0. The number of imide groups is 1. The van der Waals surface area contributed by atoms with E-state index in [0.717, 1.165) is 21.4 Å². The van der Waals surface area contributed by atoms with Gasteiger partial charge in [-0.3, -0.25) is 9.69 Å². The minimum Gasteiger partial charge on any atom is -0.343 e. The van der Waals surface area contributed by atoms with Gasteiger partial charge in [0.1, 0.15) is 5.70 Å². The second kappa shape index (κ2) is 5.96. The average Bonchev–Trinajstić information content (AvgIpc) is 3.02. The lowest BCUT2D eigenvalue weighted by molar-refractivity contribution is -0.122. The van der Waals surface area contributed by atoms with Gasteiger partial charge in [-0.2, -0.15) is 0 Å². The summed E-state index contributed by atoms with van der Waals surface area (Å²) < 4.78 is 2.05. The molecule has 1 aromatic heterocycles. The van der Waals surface area contributed by atoms with Crippen LogP contribution in [0.5, 0.6) is 0 Å². The van der Waals surface area contributed by atoms with Crippen molar-refractivity contribution >= 4 is 28.9 Å². The standard InChI is InChI=1S/C18H17N3O2/c1-3-9-20-12-13(14-7-5-6-8-16(14)20)11-15-17(22)21(10-4-2)18(23)19-15/h3-8,11-12H,1-2,9-10H2,(H,19,23)/b15-11+. The topological polar surface area (TPSA) is 54.3 Å². The van der Waals surface area contributed by atoms with E-state index in [4.69, 9.17) is 0 Å². The first-order chi connectivity index (χ1) is 11.2. The van der Waals surface area contributed by atoms with E-state index < -0.39 is 6.03 Å². The fourth-order valence-electron chi connectivity index (χ4n) is 2.70. The summed E-state index contributed by atoms with van der Waals surface area (Å²) in [5, 5.41) is 3.63. The molecule has 0 radical (unpaired) electrons. The van der Waals surface area contributed by atoms with Crippen LogP contribution in [0.2, 0.25) is 0 Å². The summed E-state index contributed by atoms with van der Waals surface area (Å²) in [5.41, 5.74) is 2.21. The Kier molecular flexibility index (Phi) is 3.85. The highest BCUT2D eigenvalue weighted by Crippen LogP contribution is 2.24. The Hall–Kier alpha value is -3.08. The molecule has 23 heavy (non-hydrogen) atoms. The Labute approximate surface area is 134 Å². The average molecular weight is 307 g/mol. The van der Waals surface area contributed by atoms with Crippen LogP contribution in [0.3, 0.4) is 0 Å². The number of fused-ring (bicyclic) bond motifs is 1. The highest BCUT2D eigenvalue weighted by Gasteiger charge is 2.32. The van der Waals surface area contributed by atoms with Crippen LogP contribution < -0.4 is 5.32 Å². The molecule has 0 atom stereocenters. The number of hydrogen-bond donors (Lipinski definition) is 1. The number of amides is 3. The molecule has 1 saturated heterocycles. The van der Waals surface area contributed by atoms with Gasteiger partial charge in [-0.15, -0.1) is 13.2 Å². The number of aromatic nitrogens is 1. The van der Waals surface area contributed by atoms with Crippen molar-refractivity contribution in [3.8, 4) is 0 Å². The van der Waals surface area contributed by atoms with Crippen molar-refractivity contribution in [2.45, 2.75) is 6.54 Å². The third kappa shape index (κ3) is 2.57. The smallest absolute Gasteiger partial charge is 0.329 e. The fraction of sp³-hybridized carbons (Fsp3) is 0.111. The van der Waals surface area contributed by atoms with Gasteiger partial charge in [-0.1, -0.05) is 30.4 Å². The van der Waals surface area contributed by atoms with Crippen LogP contribution in [-0.2, 0) is 11.3 Å². The van der Waals surface area contributed by atoms with Crippen LogP contribution in [0, 0.1) is 0 Å². The maximum atomic E-state index is 12.3. The van der Waals surface area contributed by atoms with Crippen molar-refractivity contribution in [1.29, 1.82) is 0 Å². The first-order valence-corrected chi connectivity index (χ1v) is 7.30. The Balaban J connectivity index is 2.04. The van der Waals surface area contributed by atoms with E-state index in [-0.39, 0.29) is 18.1 Å². The van der Waals surface area contributed by atoms with Gasteiger partial charge in [0.25, 0.3) is 5.91 Å². The maximum absolute atomic E-state index is 12.3. The Bertz CT molecular complexity index is 845. The van der Waals surface area contributed by atoms with Gasteiger partial charge in [-0.25, -0.2) is 4.79 Å². The molecule has 1 aromatic carbocycles. The van der Waals surface area contributed by atoms with Crippen LogP contribution in [0.15, 0.2) is 61.5 Å². The molecule has 1 N–H and O–H groups in total. The lowest BCUT2D eigenvalue weighted by Gasteiger charge is -2.06. The van der Waals surface area contributed by atoms with E-state index in [1.165, 1.54) is 6.08 Å². The number of carbonyl (C=O) groups excluding carboxylic acids is 2. The Morgan fingerprint density at radius 2 is 1.83 bits per heavy atom. The minimum absolute atomic E-state index is 0.195. The number of para-hydroxylation sites is 1. The van der Waals surface area contributed by atoms with Crippen molar-refractivity contribution < 1.29 is 9.59 Å². The first kappa shape index (κ1) is 14.8. The number of nitrogens with zero attached hydrogens (tertiary/aromatic N) is 2. The van der Waals surface area contributed by atoms with Gasteiger partial charge >= 0.3 is 6.03 Å². The van der Waals surface area contributed by atoms with E-state index in [0.29, 0.717) is 6.54 Å². The third-order valence-electron chi connectivity index (χ3n) is 3.72. The summed E-state index contributed by atoms with van der Waals surface area (Å²) in [6.07, 6.45) is 7.01. The quantitative estimate of drug-likeness (QED) is 0.524. The number of rotatable bonds is 5. The predicted molar refractivity (Wildman–Crippen MR) is 90.6 cm³/mol. The number of benzene rings is 1. The zero-order valence-electron chi connectivity index (χ0n) is 12.7. The number of nitrogens with one attached hydrogen (secondary N) is 1. The van der Waals surface area contributed by atoms with Crippen LogP contribution in [0.4, 0.5) is 4.79 Å². The molecule has 3 rings (SSSR count). The van der Waals surface area contributed by atoms with Gasteiger partial charge in [-0.05, 0) is 12.1 Å². The molecule has 2 aromatic rings. The minimum atomic E-state index is -0.420. The molecule has 0 unspecified atom stereocenters. The van der Waals surface area contributed by atoms with E-state index in [9.17, 15) is 9.59 Å². The zero-order valence-corrected chi connectivity index (χ0v) is 12.7. The normalized spacial score (nSPS) is 16.2. The van der Waals surface area contributed by atoms with Crippen LogP contribution in [-0.4, -0.2) is 28.0 Å². The molecule has 3 amide bonds. The number of allylic oxidation sites excluding steroid dienone is 1. The molecule has 1 aliphatic heterocycles. The van der Waals surface area contributed by atoms with Crippen molar-refractivity contribution in [3.05, 3.63) is 67.0 Å². The number of hydrogen-bond acceptors (Lipinski definition) is 2. The van der Waals surface area contributed by atoms with Crippen LogP contribution in [0.25, 0.3) is 17.0 Å². The summed E-state index contributed by atoms with van der Waals surface area (Å²) in [4.78, 5) is 25.2. The van der Waals surface area contributed by atoms with Crippen molar-refractivity contribution in [1.82, 2.24) is 14.8 Å². The summed E-state index contributed by atoms with van der Waals surface area (Å²) in [5.74, 6) is -0.338. The zero-order chi connectivity index (χ0) is 16.4. The molecule has 116 valence electrons. The molecule has 0 spiro atoms. The molecular formula is C18H17N3O2. The first-order valence-electron chi connectivity index (χ1n) is 7.30. The highest BCUT2D eigenvalue weighted by molar-refractivity contribution is 6.14. The summed E-state index contributed by atoms with van der Waals surface area (Å²) in [6, 6.07) is 7.50. The monoisotopic (exact) mass is 307 g/mol. The fourth-order valence-corrected chi connectivity index (χ4v) is 2.70.